The fourth-order valence-corrected chi connectivity index (χ4v) is 2.98. The Morgan fingerprint density at radius 3 is 2.59 bits per heavy atom. The maximum atomic E-state index is 3.58. The third-order valence-corrected chi connectivity index (χ3v) is 4.25. The van der Waals surface area contributed by atoms with Crippen molar-refractivity contribution < 1.29 is 0 Å². The van der Waals surface area contributed by atoms with Gasteiger partial charge in [-0.15, -0.1) is 0 Å². The van der Waals surface area contributed by atoms with Crippen molar-refractivity contribution in [1.29, 1.82) is 0 Å². The fraction of sp³-hybridized carbons (Fsp3) is 1.00. The molecule has 1 saturated heterocycles. The zero-order valence-electron chi connectivity index (χ0n) is 12.3. The molecule has 0 aromatic heterocycles. The number of piperidine rings is 1. The molecule has 0 saturated carbocycles. The van der Waals surface area contributed by atoms with E-state index in [4.69, 9.17) is 0 Å². The van der Waals surface area contributed by atoms with Gasteiger partial charge in [0.05, 0.1) is 0 Å². The van der Waals surface area contributed by atoms with Crippen LogP contribution in [0.15, 0.2) is 0 Å². The molecule has 0 amide bonds. The quantitative estimate of drug-likeness (QED) is 0.688. The third kappa shape index (κ3) is 5.39. The van der Waals surface area contributed by atoms with E-state index in [1.165, 1.54) is 45.3 Å². The maximum Gasteiger partial charge on any atom is 0.0110 e. The van der Waals surface area contributed by atoms with Gasteiger partial charge >= 0.3 is 0 Å². The van der Waals surface area contributed by atoms with Crippen molar-refractivity contribution in [1.82, 2.24) is 10.2 Å². The maximum absolute atomic E-state index is 3.58. The molecule has 0 radical (unpaired) electrons. The molecule has 1 aliphatic rings. The molecule has 2 nitrogen and oxygen atoms in total. The first-order valence-electron chi connectivity index (χ1n) is 7.59. The minimum Gasteiger partial charge on any atom is -0.315 e. The lowest BCUT2D eigenvalue weighted by molar-refractivity contribution is 0.0808. The van der Waals surface area contributed by atoms with Gasteiger partial charge in [0.1, 0.15) is 0 Å². The summed E-state index contributed by atoms with van der Waals surface area (Å²) in [7, 11) is 0. The van der Waals surface area contributed by atoms with Crippen LogP contribution in [0.2, 0.25) is 0 Å². The highest BCUT2D eigenvalue weighted by Crippen LogP contribution is 2.26. The van der Waals surface area contributed by atoms with Crippen LogP contribution in [0, 0.1) is 11.8 Å². The van der Waals surface area contributed by atoms with Crippen LogP contribution in [0.4, 0.5) is 0 Å². The Bertz CT molecular complexity index is 193. The molecule has 1 N–H and O–H groups in total. The Kier molecular flexibility index (Phi) is 7.14. The molecule has 2 heteroatoms. The van der Waals surface area contributed by atoms with Gasteiger partial charge in [-0.1, -0.05) is 33.6 Å². The summed E-state index contributed by atoms with van der Waals surface area (Å²) >= 11 is 0. The summed E-state index contributed by atoms with van der Waals surface area (Å²) < 4.78 is 0. The van der Waals surface area contributed by atoms with E-state index in [0.29, 0.717) is 0 Å². The molecular formula is C15H32N2. The first-order valence-corrected chi connectivity index (χ1v) is 7.59. The number of unbranched alkanes of at least 4 members (excludes halogenated alkanes) is 2. The zero-order valence-corrected chi connectivity index (χ0v) is 12.3. The summed E-state index contributed by atoms with van der Waals surface area (Å²) in [5.41, 5.74) is 0. The van der Waals surface area contributed by atoms with Crippen molar-refractivity contribution in [3.63, 3.8) is 0 Å². The van der Waals surface area contributed by atoms with E-state index in [-0.39, 0.29) is 0 Å². The van der Waals surface area contributed by atoms with Gasteiger partial charge in [-0.3, -0.25) is 4.90 Å². The first-order chi connectivity index (χ1) is 8.15. The van der Waals surface area contributed by atoms with E-state index in [1.54, 1.807) is 0 Å². The normalized spacial score (nSPS) is 30.7. The average Bonchev–Trinajstić information content (AvgIpc) is 2.29. The summed E-state index contributed by atoms with van der Waals surface area (Å²) in [4.78, 5) is 2.67. The van der Waals surface area contributed by atoms with Crippen molar-refractivity contribution in [2.24, 2.45) is 11.8 Å². The molecule has 1 heterocycles. The predicted molar refractivity (Wildman–Crippen MR) is 76.4 cm³/mol. The minimum absolute atomic E-state index is 0.767. The summed E-state index contributed by atoms with van der Waals surface area (Å²) in [6.45, 7) is 14.3. The van der Waals surface area contributed by atoms with Gasteiger partial charge in [-0.05, 0) is 38.1 Å². The second kappa shape index (κ2) is 8.10. The number of nitrogens with one attached hydrogen (secondary N) is 1. The van der Waals surface area contributed by atoms with Gasteiger partial charge < -0.3 is 5.32 Å². The molecule has 0 bridgehead atoms. The van der Waals surface area contributed by atoms with Gasteiger partial charge in [0, 0.05) is 25.7 Å². The zero-order chi connectivity index (χ0) is 12.7. The molecule has 0 aliphatic carbocycles. The first kappa shape index (κ1) is 15.0. The highest BCUT2D eigenvalue weighted by molar-refractivity contribution is 4.82. The van der Waals surface area contributed by atoms with Crippen molar-refractivity contribution in [2.45, 2.75) is 59.4 Å². The number of nitrogens with zero attached hydrogens (tertiary/aromatic N) is 1. The number of rotatable bonds is 7. The standard InChI is InChI=1S/C15H32N2/c1-5-6-7-8-16-9-10-17-12-13(2)11-14(3)15(17)4/h13-16H,5-12H2,1-4H3. The van der Waals surface area contributed by atoms with Crippen molar-refractivity contribution in [3.8, 4) is 0 Å². The molecule has 1 rings (SSSR count). The second-order valence-corrected chi connectivity index (χ2v) is 6.01. The number of hydrogen-bond donors (Lipinski definition) is 1. The van der Waals surface area contributed by atoms with Crippen LogP contribution in [0.1, 0.15) is 53.4 Å². The molecule has 1 fully saturated rings. The van der Waals surface area contributed by atoms with Gasteiger partial charge in [0.2, 0.25) is 0 Å². The lowest BCUT2D eigenvalue weighted by Gasteiger charge is -2.41. The van der Waals surface area contributed by atoms with Crippen molar-refractivity contribution in [3.05, 3.63) is 0 Å². The van der Waals surface area contributed by atoms with Crippen LogP contribution in [0.3, 0.4) is 0 Å². The smallest absolute Gasteiger partial charge is 0.0110 e. The van der Waals surface area contributed by atoms with E-state index in [1.807, 2.05) is 0 Å². The molecule has 17 heavy (non-hydrogen) atoms. The van der Waals surface area contributed by atoms with E-state index < -0.39 is 0 Å². The van der Waals surface area contributed by atoms with E-state index in [2.05, 4.69) is 37.9 Å². The summed E-state index contributed by atoms with van der Waals surface area (Å²) in [6.07, 6.45) is 5.42. The molecule has 3 unspecified atom stereocenters. The highest BCUT2D eigenvalue weighted by atomic mass is 15.2. The van der Waals surface area contributed by atoms with E-state index in [9.17, 15) is 0 Å². The van der Waals surface area contributed by atoms with Crippen LogP contribution < -0.4 is 5.32 Å². The van der Waals surface area contributed by atoms with Crippen LogP contribution in [0.5, 0.6) is 0 Å². The minimum atomic E-state index is 0.767. The molecule has 3 atom stereocenters. The summed E-state index contributed by atoms with van der Waals surface area (Å²) in [6, 6.07) is 0.767. The SMILES string of the molecule is CCCCCNCCN1CC(C)CC(C)C1C. The fourth-order valence-electron chi connectivity index (χ4n) is 2.98. The Morgan fingerprint density at radius 2 is 1.88 bits per heavy atom. The van der Waals surface area contributed by atoms with Gasteiger partial charge in [-0.25, -0.2) is 0 Å². The molecule has 1 aliphatic heterocycles. The Balaban J connectivity index is 2.12. The van der Waals surface area contributed by atoms with Gasteiger partial charge in [0.25, 0.3) is 0 Å². The van der Waals surface area contributed by atoms with Crippen LogP contribution >= 0.6 is 0 Å². The summed E-state index contributed by atoms with van der Waals surface area (Å²) in [5.74, 6) is 1.74. The second-order valence-electron chi connectivity index (χ2n) is 6.01. The Morgan fingerprint density at radius 1 is 1.12 bits per heavy atom. The van der Waals surface area contributed by atoms with Crippen molar-refractivity contribution >= 4 is 0 Å². The van der Waals surface area contributed by atoms with Crippen LogP contribution in [-0.4, -0.2) is 37.1 Å². The van der Waals surface area contributed by atoms with Gasteiger partial charge in [0.15, 0.2) is 0 Å². The van der Waals surface area contributed by atoms with Crippen LogP contribution in [0.25, 0.3) is 0 Å². The van der Waals surface area contributed by atoms with E-state index >= 15 is 0 Å². The number of likely N-dealkylation sites (tertiary alicyclic amines) is 1. The topological polar surface area (TPSA) is 15.3 Å². The Labute approximate surface area is 108 Å². The van der Waals surface area contributed by atoms with Gasteiger partial charge in [-0.2, -0.15) is 0 Å². The molecular weight excluding hydrogens is 208 g/mol. The predicted octanol–water partition coefficient (Wildman–Crippen LogP) is 3.13. The van der Waals surface area contributed by atoms with Crippen molar-refractivity contribution in [2.75, 3.05) is 26.2 Å². The lowest BCUT2D eigenvalue weighted by atomic mass is 9.86. The monoisotopic (exact) mass is 240 g/mol. The molecule has 102 valence electrons. The Hall–Kier alpha value is -0.0800. The molecule has 0 aromatic carbocycles. The van der Waals surface area contributed by atoms with E-state index in [0.717, 1.165) is 24.4 Å². The third-order valence-electron chi connectivity index (χ3n) is 4.25. The molecule has 0 aromatic rings. The average molecular weight is 240 g/mol. The largest absolute Gasteiger partial charge is 0.315 e. The lowest BCUT2D eigenvalue weighted by Crippen LogP contribution is -2.48. The number of hydrogen-bond acceptors (Lipinski definition) is 2. The molecule has 0 spiro atoms. The highest BCUT2D eigenvalue weighted by Gasteiger charge is 2.27. The van der Waals surface area contributed by atoms with Crippen LogP contribution in [-0.2, 0) is 0 Å². The summed E-state index contributed by atoms with van der Waals surface area (Å²) in [5, 5.41) is 3.58.